The summed E-state index contributed by atoms with van der Waals surface area (Å²) in [6, 6.07) is 17.1. The number of nitrogens with one attached hydrogen (secondary N) is 2. The van der Waals surface area contributed by atoms with Gasteiger partial charge in [0.15, 0.2) is 0 Å². The summed E-state index contributed by atoms with van der Waals surface area (Å²) in [4.78, 5) is 40.8. The van der Waals surface area contributed by atoms with Gasteiger partial charge in [0.1, 0.15) is 11.6 Å². The van der Waals surface area contributed by atoms with Crippen molar-refractivity contribution in [2.75, 3.05) is 31.5 Å². The summed E-state index contributed by atoms with van der Waals surface area (Å²) >= 11 is 5.87. The zero-order valence-electron chi connectivity index (χ0n) is 19.4. The Hall–Kier alpha value is -4.44. The molecule has 9 nitrogen and oxygen atoms in total. The van der Waals surface area contributed by atoms with E-state index in [1.807, 2.05) is 0 Å². The van der Waals surface area contributed by atoms with Crippen LogP contribution < -0.4 is 15.6 Å². The highest BCUT2D eigenvalue weighted by Gasteiger charge is 2.27. The molecule has 37 heavy (non-hydrogen) atoms. The summed E-state index contributed by atoms with van der Waals surface area (Å²) in [7, 11) is 0. The van der Waals surface area contributed by atoms with Crippen LogP contribution in [-0.4, -0.2) is 58.1 Å². The molecule has 5 rings (SSSR count). The lowest BCUT2D eigenvalue weighted by atomic mass is 10.1. The second-order valence-corrected chi connectivity index (χ2v) is 8.80. The van der Waals surface area contributed by atoms with Crippen molar-refractivity contribution in [1.29, 1.82) is 0 Å². The molecule has 3 aromatic carbocycles. The molecule has 4 aromatic rings. The molecule has 1 aliphatic heterocycles. The van der Waals surface area contributed by atoms with Crippen LogP contribution in [-0.2, 0) is 0 Å². The van der Waals surface area contributed by atoms with Crippen molar-refractivity contribution in [3.63, 3.8) is 0 Å². The summed E-state index contributed by atoms with van der Waals surface area (Å²) < 4.78 is 20.4. The summed E-state index contributed by atoms with van der Waals surface area (Å²) in [5.74, 6) is -0.893. The van der Waals surface area contributed by atoms with Crippen LogP contribution in [0, 0.1) is 5.82 Å². The van der Waals surface area contributed by atoms with E-state index in [2.05, 4.69) is 15.5 Å². The van der Waals surface area contributed by atoms with Gasteiger partial charge in [-0.3, -0.25) is 9.59 Å². The standard InChI is InChI=1S/C26H21ClFN5O4/c27-16-5-7-17(8-6-16)29-26(36)33-13-11-32(12-14-33)25(35)21-15-18(9-10-22(21)28)37-24-20-4-2-1-3-19(20)23(34)30-31-24/h1-10,15H,11-14H2,(H,29,36)(H,30,34). The summed E-state index contributed by atoms with van der Waals surface area (Å²) in [5, 5.41) is 10.6. The maximum absolute atomic E-state index is 14.6. The molecule has 0 unspecified atom stereocenters. The number of fused-ring (bicyclic) bond motifs is 1. The molecule has 2 heterocycles. The monoisotopic (exact) mass is 521 g/mol. The first-order valence-corrected chi connectivity index (χ1v) is 11.8. The van der Waals surface area contributed by atoms with Crippen molar-refractivity contribution >= 4 is 40.0 Å². The molecule has 3 amide bonds. The predicted molar refractivity (Wildman–Crippen MR) is 137 cm³/mol. The molecular formula is C26H21ClFN5O4. The Morgan fingerprint density at radius 2 is 1.62 bits per heavy atom. The molecule has 0 aliphatic carbocycles. The lowest BCUT2D eigenvalue weighted by Crippen LogP contribution is -2.51. The minimum absolute atomic E-state index is 0.125. The van der Waals surface area contributed by atoms with Crippen molar-refractivity contribution in [1.82, 2.24) is 20.0 Å². The second kappa shape index (κ2) is 10.3. The van der Waals surface area contributed by atoms with Crippen molar-refractivity contribution in [2.24, 2.45) is 0 Å². The van der Waals surface area contributed by atoms with E-state index >= 15 is 0 Å². The predicted octanol–water partition coefficient (Wildman–Crippen LogP) is 4.50. The Labute approximate surface area is 215 Å². The van der Waals surface area contributed by atoms with Gasteiger partial charge in [0.25, 0.3) is 11.5 Å². The van der Waals surface area contributed by atoms with Crippen LogP contribution >= 0.6 is 11.6 Å². The fraction of sp³-hybridized carbons (Fsp3) is 0.154. The SMILES string of the molecule is O=C(Nc1ccc(Cl)cc1)N1CCN(C(=O)c2cc(Oc3n[nH]c(=O)c4ccccc34)ccc2F)CC1. The third kappa shape index (κ3) is 5.24. The average Bonchev–Trinajstić information content (AvgIpc) is 2.92. The zero-order valence-corrected chi connectivity index (χ0v) is 20.2. The van der Waals surface area contributed by atoms with Gasteiger partial charge in [-0.25, -0.2) is 14.3 Å². The van der Waals surface area contributed by atoms with Gasteiger partial charge in [-0.2, -0.15) is 0 Å². The highest BCUT2D eigenvalue weighted by Crippen LogP contribution is 2.27. The van der Waals surface area contributed by atoms with E-state index in [0.717, 1.165) is 6.07 Å². The smallest absolute Gasteiger partial charge is 0.321 e. The minimum Gasteiger partial charge on any atom is -0.437 e. The number of halogens is 2. The quantitative estimate of drug-likeness (QED) is 0.411. The number of piperazine rings is 1. The summed E-state index contributed by atoms with van der Waals surface area (Å²) in [5.41, 5.74) is 0.0840. The molecule has 1 saturated heterocycles. The number of aromatic nitrogens is 2. The third-order valence-electron chi connectivity index (χ3n) is 5.99. The van der Waals surface area contributed by atoms with Gasteiger partial charge < -0.3 is 19.9 Å². The van der Waals surface area contributed by atoms with Crippen molar-refractivity contribution < 1.29 is 18.7 Å². The number of carbonyl (C=O) groups excluding carboxylic acids is 2. The largest absolute Gasteiger partial charge is 0.437 e. The number of carbonyl (C=O) groups is 2. The molecule has 1 aromatic heterocycles. The molecule has 0 bridgehead atoms. The van der Waals surface area contributed by atoms with Crippen LogP contribution in [0.3, 0.4) is 0 Å². The molecule has 1 aliphatic rings. The van der Waals surface area contributed by atoms with Crippen LogP contribution in [0.1, 0.15) is 10.4 Å². The zero-order chi connectivity index (χ0) is 25.9. The molecule has 1 fully saturated rings. The van der Waals surface area contributed by atoms with Crippen LogP contribution in [0.5, 0.6) is 11.6 Å². The number of urea groups is 1. The van der Waals surface area contributed by atoms with E-state index in [9.17, 15) is 18.8 Å². The van der Waals surface area contributed by atoms with Crippen LogP contribution in [0.2, 0.25) is 5.02 Å². The fourth-order valence-electron chi connectivity index (χ4n) is 4.03. The van der Waals surface area contributed by atoms with Crippen LogP contribution in [0.4, 0.5) is 14.9 Å². The number of rotatable bonds is 4. The van der Waals surface area contributed by atoms with Gasteiger partial charge in [-0.05, 0) is 54.6 Å². The molecule has 0 radical (unpaired) electrons. The second-order valence-electron chi connectivity index (χ2n) is 8.36. The Kier molecular flexibility index (Phi) is 6.74. The topological polar surface area (TPSA) is 108 Å². The van der Waals surface area contributed by atoms with E-state index < -0.39 is 11.7 Å². The van der Waals surface area contributed by atoms with E-state index in [0.29, 0.717) is 21.5 Å². The number of ether oxygens (including phenoxy) is 1. The number of amides is 3. The maximum Gasteiger partial charge on any atom is 0.321 e. The lowest BCUT2D eigenvalue weighted by molar-refractivity contribution is 0.0666. The van der Waals surface area contributed by atoms with Crippen molar-refractivity contribution in [2.45, 2.75) is 0 Å². The first kappa shape index (κ1) is 24.3. The Morgan fingerprint density at radius 3 is 2.35 bits per heavy atom. The van der Waals surface area contributed by atoms with E-state index in [4.69, 9.17) is 16.3 Å². The van der Waals surface area contributed by atoms with E-state index in [1.54, 1.807) is 53.4 Å². The van der Waals surface area contributed by atoms with E-state index in [1.165, 1.54) is 17.0 Å². The molecule has 0 saturated carbocycles. The highest BCUT2D eigenvalue weighted by atomic mass is 35.5. The number of anilines is 1. The number of nitrogens with zero attached hydrogens (tertiary/aromatic N) is 3. The molecule has 0 atom stereocenters. The normalized spacial score (nSPS) is 13.5. The number of aromatic amines is 1. The van der Waals surface area contributed by atoms with Crippen molar-refractivity contribution in [3.05, 3.63) is 93.5 Å². The average molecular weight is 522 g/mol. The summed E-state index contributed by atoms with van der Waals surface area (Å²) in [6.07, 6.45) is 0. The first-order chi connectivity index (χ1) is 17.9. The maximum atomic E-state index is 14.6. The molecule has 0 spiro atoms. The minimum atomic E-state index is -0.695. The Morgan fingerprint density at radius 1 is 0.946 bits per heavy atom. The van der Waals surface area contributed by atoms with Crippen molar-refractivity contribution in [3.8, 4) is 11.6 Å². The fourth-order valence-corrected chi connectivity index (χ4v) is 4.16. The Balaban J connectivity index is 1.26. The first-order valence-electron chi connectivity index (χ1n) is 11.4. The van der Waals surface area contributed by atoms with Gasteiger partial charge in [0, 0.05) is 36.9 Å². The molecule has 188 valence electrons. The van der Waals surface area contributed by atoms with Gasteiger partial charge in [-0.15, -0.1) is 5.10 Å². The van der Waals surface area contributed by atoms with Gasteiger partial charge in [0.05, 0.1) is 16.3 Å². The molecule has 2 N–H and O–H groups in total. The van der Waals surface area contributed by atoms with Gasteiger partial charge in [0.2, 0.25) is 5.88 Å². The van der Waals surface area contributed by atoms with Crippen LogP contribution in [0.25, 0.3) is 10.8 Å². The van der Waals surface area contributed by atoms with Crippen LogP contribution in [0.15, 0.2) is 71.5 Å². The van der Waals surface area contributed by atoms with E-state index in [-0.39, 0.29) is 55.0 Å². The highest BCUT2D eigenvalue weighted by molar-refractivity contribution is 6.30. The number of hydrogen-bond acceptors (Lipinski definition) is 5. The van der Waals surface area contributed by atoms with Gasteiger partial charge in [-0.1, -0.05) is 23.7 Å². The van der Waals surface area contributed by atoms with Gasteiger partial charge >= 0.3 is 6.03 Å². The lowest BCUT2D eigenvalue weighted by Gasteiger charge is -2.34. The molecule has 11 heteroatoms. The summed E-state index contributed by atoms with van der Waals surface area (Å²) in [6.45, 7) is 1.06. The third-order valence-corrected chi connectivity index (χ3v) is 6.25. The number of benzene rings is 3. The number of hydrogen-bond donors (Lipinski definition) is 2. The molecular weight excluding hydrogens is 501 g/mol. The number of H-pyrrole nitrogens is 1. The Bertz CT molecular complexity index is 1530.